The van der Waals surface area contributed by atoms with Crippen LogP contribution in [-0.2, 0) is 4.79 Å². The molecule has 4 heteroatoms. The molecule has 0 bridgehead atoms. The number of rotatable bonds is 4. The Kier molecular flexibility index (Phi) is 6.66. The van der Waals surface area contributed by atoms with Crippen LogP contribution in [0.1, 0.15) is 60.3 Å². The van der Waals surface area contributed by atoms with Gasteiger partial charge in [0.05, 0.1) is 0 Å². The van der Waals surface area contributed by atoms with Gasteiger partial charge in [0.1, 0.15) is 0 Å². The smallest absolute Gasteiger partial charge is 0.221 e. The minimum atomic E-state index is -0.117. The number of amides is 1. The minimum absolute atomic E-state index is 0. The van der Waals surface area contributed by atoms with Crippen molar-refractivity contribution in [1.82, 2.24) is 10.6 Å². The van der Waals surface area contributed by atoms with Crippen LogP contribution in [0.3, 0.4) is 0 Å². The molecule has 0 radical (unpaired) electrons. The van der Waals surface area contributed by atoms with Crippen LogP contribution >= 0.6 is 12.4 Å². The number of halogens is 1. The summed E-state index contributed by atoms with van der Waals surface area (Å²) in [5.74, 6) is 0.179. The number of nitrogens with one attached hydrogen (secondary N) is 2. The standard InChI is InChI=1S/C14H28N2O.ClH/c1-13(2,3)10-14(4,5)16-12(17)9-11-7-6-8-15-11;/h11,15H,6-10H2,1-5H3,(H,16,17);1H. The second kappa shape index (κ2) is 6.76. The van der Waals surface area contributed by atoms with Crippen molar-refractivity contribution in [3.05, 3.63) is 0 Å². The number of hydrogen-bond acceptors (Lipinski definition) is 2. The SMILES string of the molecule is CC(C)(C)CC(C)(C)NC(=O)CC1CCCN1.Cl. The van der Waals surface area contributed by atoms with Crippen LogP contribution in [0.25, 0.3) is 0 Å². The van der Waals surface area contributed by atoms with Gasteiger partial charge in [-0.2, -0.15) is 0 Å². The second-order valence-corrected chi connectivity index (χ2v) is 7.17. The normalized spacial score (nSPS) is 20.4. The molecule has 1 saturated heterocycles. The molecule has 0 spiro atoms. The summed E-state index contributed by atoms with van der Waals surface area (Å²) in [5, 5.41) is 6.52. The van der Waals surface area contributed by atoms with Crippen LogP contribution in [0.2, 0.25) is 0 Å². The molecule has 1 fully saturated rings. The summed E-state index contributed by atoms with van der Waals surface area (Å²) in [6, 6.07) is 0.389. The van der Waals surface area contributed by atoms with E-state index in [0.29, 0.717) is 12.5 Å². The van der Waals surface area contributed by atoms with Crippen LogP contribution in [0.15, 0.2) is 0 Å². The molecule has 1 rings (SSSR count). The Morgan fingerprint density at radius 1 is 1.28 bits per heavy atom. The average molecular weight is 277 g/mol. The van der Waals surface area contributed by atoms with Crippen LogP contribution in [0.5, 0.6) is 0 Å². The van der Waals surface area contributed by atoms with Gasteiger partial charge in [0.25, 0.3) is 0 Å². The molecule has 0 saturated carbocycles. The van der Waals surface area contributed by atoms with E-state index in [1.807, 2.05) is 0 Å². The Morgan fingerprint density at radius 3 is 2.33 bits per heavy atom. The van der Waals surface area contributed by atoms with Crippen molar-refractivity contribution in [2.45, 2.75) is 71.9 Å². The minimum Gasteiger partial charge on any atom is -0.351 e. The molecule has 1 heterocycles. The van der Waals surface area contributed by atoms with Gasteiger partial charge in [-0.1, -0.05) is 20.8 Å². The lowest BCUT2D eigenvalue weighted by Crippen LogP contribution is -2.47. The largest absolute Gasteiger partial charge is 0.351 e. The van der Waals surface area contributed by atoms with E-state index in [0.717, 1.165) is 19.4 Å². The highest BCUT2D eigenvalue weighted by Gasteiger charge is 2.28. The van der Waals surface area contributed by atoms with Crippen LogP contribution in [0, 0.1) is 5.41 Å². The lowest BCUT2D eigenvalue weighted by molar-refractivity contribution is -0.123. The molecule has 0 aliphatic carbocycles. The predicted molar refractivity (Wildman–Crippen MR) is 79.2 cm³/mol. The van der Waals surface area contributed by atoms with Crippen LogP contribution < -0.4 is 10.6 Å². The van der Waals surface area contributed by atoms with Crippen molar-refractivity contribution in [3.63, 3.8) is 0 Å². The molecule has 3 nitrogen and oxygen atoms in total. The van der Waals surface area contributed by atoms with Crippen molar-refractivity contribution < 1.29 is 4.79 Å². The molecule has 18 heavy (non-hydrogen) atoms. The summed E-state index contributed by atoms with van der Waals surface area (Å²) < 4.78 is 0. The Morgan fingerprint density at radius 2 is 1.89 bits per heavy atom. The highest BCUT2D eigenvalue weighted by atomic mass is 35.5. The van der Waals surface area contributed by atoms with Gasteiger partial charge in [0.2, 0.25) is 5.91 Å². The second-order valence-electron chi connectivity index (χ2n) is 7.17. The number of carbonyl (C=O) groups excluding carboxylic acids is 1. The number of carbonyl (C=O) groups is 1. The molecule has 1 aliphatic heterocycles. The molecule has 0 aromatic heterocycles. The van der Waals surface area contributed by atoms with Gasteiger partial charge in [-0.05, 0) is 45.1 Å². The van der Waals surface area contributed by atoms with Gasteiger partial charge in [-0.25, -0.2) is 0 Å². The van der Waals surface area contributed by atoms with E-state index in [2.05, 4.69) is 45.3 Å². The zero-order valence-electron chi connectivity index (χ0n) is 12.4. The fourth-order valence-corrected chi connectivity index (χ4v) is 2.95. The van der Waals surface area contributed by atoms with Crippen molar-refractivity contribution in [1.29, 1.82) is 0 Å². The Balaban J connectivity index is 0.00000289. The third-order valence-electron chi connectivity index (χ3n) is 3.04. The monoisotopic (exact) mass is 276 g/mol. The zero-order chi connectivity index (χ0) is 13.1. The molecule has 2 N–H and O–H groups in total. The fraction of sp³-hybridized carbons (Fsp3) is 0.929. The zero-order valence-corrected chi connectivity index (χ0v) is 13.2. The van der Waals surface area contributed by atoms with E-state index >= 15 is 0 Å². The van der Waals surface area contributed by atoms with Gasteiger partial charge in [-0.3, -0.25) is 4.79 Å². The van der Waals surface area contributed by atoms with E-state index in [1.54, 1.807) is 0 Å². The summed E-state index contributed by atoms with van der Waals surface area (Å²) in [4.78, 5) is 11.9. The Hall–Kier alpha value is -0.280. The molecule has 1 amide bonds. The van der Waals surface area contributed by atoms with E-state index in [1.165, 1.54) is 6.42 Å². The first kappa shape index (κ1) is 17.7. The first-order valence-electron chi connectivity index (χ1n) is 6.72. The Labute approximate surface area is 118 Å². The molecule has 0 aromatic rings. The van der Waals surface area contributed by atoms with E-state index in [-0.39, 0.29) is 29.3 Å². The molecule has 1 atom stereocenters. The number of hydrogen-bond donors (Lipinski definition) is 2. The van der Waals surface area contributed by atoms with E-state index in [4.69, 9.17) is 0 Å². The lowest BCUT2D eigenvalue weighted by Gasteiger charge is -2.33. The summed E-state index contributed by atoms with van der Waals surface area (Å²) in [6.45, 7) is 11.9. The van der Waals surface area contributed by atoms with Gasteiger partial charge in [-0.15, -0.1) is 12.4 Å². The van der Waals surface area contributed by atoms with Crippen molar-refractivity contribution in [2.75, 3.05) is 6.54 Å². The molecule has 0 aromatic carbocycles. The van der Waals surface area contributed by atoms with Crippen LogP contribution in [0.4, 0.5) is 0 Å². The van der Waals surface area contributed by atoms with Gasteiger partial charge in [0.15, 0.2) is 0 Å². The topological polar surface area (TPSA) is 41.1 Å². The van der Waals surface area contributed by atoms with Gasteiger partial charge in [0, 0.05) is 18.0 Å². The molecule has 1 aliphatic rings. The van der Waals surface area contributed by atoms with E-state index < -0.39 is 0 Å². The predicted octanol–water partition coefficient (Wildman–Crippen LogP) is 2.88. The lowest BCUT2D eigenvalue weighted by atomic mass is 9.81. The summed E-state index contributed by atoms with van der Waals surface area (Å²) >= 11 is 0. The first-order valence-corrected chi connectivity index (χ1v) is 6.72. The molecule has 1 unspecified atom stereocenters. The maximum absolute atomic E-state index is 11.9. The average Bonchev–Trinajstić information content (AvgIpc) is 2.49. The van der Waals surface area contributed by atoms with Gasteiger partial charge >= 0.3 is 0 Å². The van der Waals surface area contributed by atoms with Crippen molar-refractivity contribution in [3.8, 4) is 0 Å². The third-order valence-corrected chi connectivity index (χ3v) is 3.04. The fourth-order valence-electron chi connectivity index (χ4n) is 2.95. The molecular formula is C14H29ClN2O. The van der Waals surface area contributed by atoms with E-state index in [9.17, 15) is 4.79 Å². The molecular weight excluding hydrogens is 248 g/mol. The maximum Gasteiger partial charge on any atom is 0.221 e. The van der Waals surface area contributed by atoms with Gasteiger partial charge < -0.3 is 10.6 Å². The van der Waals surface area contributed by atoms with Crippen LogP contribution in [-0.4, -0.2) is 24.0 Å². The summed E-state index contributed by atoms with van der Waals surface area (Å²) in [6.07, 6.45) is 3.94. The Bertz CT molecular complexity index is 265. The summed E-state index contributed by atoms with van der Waals surface area (Å²) in [5.41, 5.74) is 0.121. The quantitative estimate of drug-likeness (QED) is 0.829. The highest BCUT2D eigenvalue weighted by molar-refractivity contribution is 5.85. The summed E-state index contributed by atoms with van der Waals surface area (Å²) in [7, 11) is 0. The van der Waals surface area contributed by atoms with Crippen molar-refractivity contribution in [2.24, 2.45) is 5.41 Å². The van der Waals surface area contributed by atoms with Crippen molar-refractivity contribution >= 4 is 18.3 Å². The molecule has 108 valence electrons. The maximum atomic E-state index is 11.9. The highest BCUT2D eigenvalue weighted by Crippen LogP contribution is 2.26. The third kappa shape index (κ3) is 7.22. The first-order chi connectivity index (χ1) is 7.68.